The molecule has 1 aromatic rings. The Bertz CT molecular complexity index is 334. The molecule has 1 aromatic heterocycles. The summed E-state index contributed by atoms with van der Waals surface area (Å²) in [4.78, 5) is 2.91. The number of thiocarbonyl (C=S) groups is 1. The quantitative estimate of drug-likeness (QED) is 0.576. The third-order valence-electron chi connectivity index (χ3n) is 2.42. The van der Waals surface area contributed by atoms with Crippen molar-refractivity contribution in [2.24, 2.45) is 12.8 Å². The van der Waals surface area contributed by atoms with Gasteiger partial charge in [0.2, 0.25) is 0 Å². The molecule has 16 heavy (non-hydrogen) atoms. The number of aromatic nitrogens is 2. The molecule has 0 aliphatic heterocycles. The number of unbranched alkanes of at least 4 members (excludes halogenated alkanes) is 1. The SMILES string of the molecule is CN(CCCCC(N)=S)Cc1cnn(C)c1. The van der Waals surface area contributed by atoms with E-state index in [2.05, 4.69) is 17.0 Å². The fourth-order valence-electron chi connectivity index (χ4n) is 1.63. The molecule has 0 atom stereocenters. The Morgan fingerprint density at radius 1 is 1.56 bits per heavy atom. The highest BCUT2D eigenvalue weighted by molar-refractivity contribution is 7.80. The van der Waals surface area contributed by atoms with Crippen LogP contribution in [0.15, 0.2) is 12.4 Å². The summed E-state index contributed by atoms with van der Waals surface area (Å²) in [6.07, 6.45) is 7.02. The van der Waals surface area contributed by atoms with E-state index in [0.29, 0.717) is 4.99 Å². The predicted molar refractivity (Wildman–Crippen MR) is 70.2 cm³/mol. The summed E-state index contributed by atoms with van der Waals surface area (Å²) >= 11 is 4.84. The largest absolute Gasteiger partial charge is 0.393 e. The highest BCUT2D eigenvalue weighted by atomic mass is 32.1. The fraction of sp³-hybridized carbons (Fsp3) is 0.636. The van der Waals surface area contributed by atoms with Gasteiger partial charge in [-0.25, -0.2) is 0 Å². The predicted octanol–water partition coefficient (Wildman–Crippen LogP) is 1.31. The average molecular weight is 240 g/mol. The van der Waals surface area contributed by atoms with Crippen LogP contribution in [0.25, 0.3) is 0 Å². The van der Waals surface area contributed by atoms with E-state index in [4.69, 9.17) is 18.0 Å². The summed E-state index contributed by atoms with van der Waals surface area (Å²) in [5.74, 6) is 0. The Morgan fingerprint density at radius 2 is 2.31 bits per heavy atom. The van der Waals surface area contributed by atoms with Gasteiger partial charge in [0, 0.05) is 25.4 Å². The molecule has 0 spiro atoms. The molecule has 0 aromatic carbocycles. The monoisotopic (exact) mass is 240 g/mol. The maximum absolute atomic E-state index is 5.44. The second-order valence-corrected chi connectivity index (χ2v) is 4.71. The molecule has 1 rings (SSSR count). The number of hydrogen-bond donors (Lipinski definition) is 1. The van der Waals surface area contributed by atoms with Crippen molar-refractivity contribution in [3.63, 3.8) is 0 Å². The van der Waals surface area contributed by atoms with Crippen LogP contribution in [0.1, 0.15) is 24.8 Å². The van der Waals surface area contributed by atoms with Gasteiger partial charge in [0.15, 0.2) is 0 Å². The van der Waals surface area contributed by atoms with Crippen molar-refractivity contribution in [1.82, 2.24) is 14.7 Å². The van der Waals surface area contributed by atoms with E-state index in [9.17, 15) is 0 Å². The van der Waals surface area contributed by atoms with Crippen molar-refractivity contribution in [3.05, 3.63) is 18.0 Å². The third-order valence-corrected chi connectivity index (χ3v) is 2.63. The summed E-state index contributed by atoms with van der Waals surface area (Å²) in [5.41, 5.74) is 6.69. The third kappa shape index (κ3) is 5.23. The lowest BCUT2D eigenvalue weighted by Crippen LogP contribution is -2.19. The van der Waals surface area contributed by atoms with Gasteiger partial charge in [-0.1, -0.05) is 12.2 Å². The van der Waals surface area contributed by atoms with Gasteiger partial charge < -0.3 is 10.6 Å². The first-order valence-corrected chi connectivity index (χ1v) is 5.93. The van der Waals surface area contributed by atoms with Gasteiger partial charge in [0.05, 0.1) is 11.2 Å². The number of aryl methyl sites for hydroxylation is 1. The molecule has 4 nitrogen and oxygen atoms in total. The first-order chi connectivity index (χ1) is 7.58. The van der Waals surface area contributed by atoms with Crippen molar-refractivity contribution in [2.75, 3.05) is 13.6 Å². The van der Waals surface area contributed by atoms with Crippen LogP contribution >= 0.6 is 12.2 Å². The fourth-order valence-corrected chi connectivity index (χ4v) is 1.77. The van der Waals surface area contributed by atoms with Crippen molar-refractivity contribution in [2.45, 2.75) is 25.8 Å². The van der Waals surface area contributed by atoms with Crippen LogP contribution in [0.3, 0.4) is 0 Å². The summed E-state index contributed by atoms with van der Waals surface area (Å²) in [7, 11) is 4.06. The Kier molecular flexibility index (Phi) is 5.42. The zero-order valence-corrected chi connectivity index (χ0v) is 10.8. The van der Waals surface area contributed by atoms with Gasteiger partial charge in [-0.05, 0) is 32.9 Å². The number of rotatable bonds is 7. The van der Waals surface area contributed by atoms with E-state index >= 15 is 0 Å². The van der Waals surface area contributed by atoms with Crippen molar-refractivity contribution < 1.29 is 0 Å². The molecule has 90 valence electrons. The minimum Gasteiger partial charge on any atom is -0.393 e. The minimum atomic E-state index is 0.620. The first kappa shape index (κ1) is 13.1. The van der Waals surface area contributed by atoms with Crippen LogP contribution in [-0.2, 0) is 13.6 Å². The minimum absolute atomic E-state index is 0.620. The molecule has 0 fully saturated rings. The molecule has 0 radical (unpaired) electrons. The molecule has 0 aliphatic carbocycles. The number of nitrogens with zero attached hydrogens (tertiary/aromatic N) is 3. The van der Waals surface area contributed by atoms with Crippen LogP contribution in [-0.4, -0.2) is 33.3 Å². The molecule has 0 saturated carbocycles. The smallest absolute Gasteiger partial charge is 0.0727 e. The first-order valence-electron chi connectivity index (χ1n) is 5.52. The molecule has 1 heterocycles. The second kappa shape index (κ2) is 6.60. The van der Waals surface area contributed by atoms with Crippen molar-refractivity contribution >= 4 is 17.2 Å². The van der Waals surface area contributed by atoms with E-state index in [-0.39, 0.29) is 0 Å². The molecular formula is C11H20N4S. The van der Waals surface area contributed by atoms with Gasteiger partial charge in [0.25, 0.3) is 0 Å². The highest BCUT2D eigenvalue weighted by Crippen LogP contribution is 2.03. The normalized spacial score (nSPS) is 10.9. The molecular weight excluding hydrogens is 220 g/mol. The average Bonchev–Trinajstić information content (AvgIpc) is 2.58. The maximum Gasteiger partial charge on any atom is 0.0727 e. The summed E-state index contributed by atoms with van der Waals surface area (Å²) in [6.45, 7) is 2.01. The standard InChI is InChI=1S/C11H20N4S/c1-14(6-4-3-5-11(12)16)8-10-7-13-15(2)9-10/h7,9H,3-6,8H2,1-2H3,(H2,12,16). The summed E-state index contributed by atoms with van der Waals surface area (Å²) < 4.78 is 1.83. The van der Waals surface area contributed by atoms with Crippen LogP contribution < -0.4 is 5.73 Å². The lowest BCUT2D eigenvalue weighted by molar-refractivity contribution is 0.319. The van der Waals surface area contributed by atoms with E-state index in [1.165, 1.54) is 5.56 Å². The highest BCUT2D eigenvalue weighted by Gasteiger charge is 2.02. The molecule has 0 aliphatic rings. The Labute approximate surface area is 102 Å². The Morgan fingerprint density at radius 3 is 2.88 bits per heavy atom. The van der Waals surface area contributed by atoms with E-state index in [0.717, 1.165) is 32.4 Å². The van der Waals surface area contributed by atoms with E-state index in [1.54, 1.807) is 0 Å². The van der Waals surface area contributed by atoms with Crippen LogP contribution in [0.2, 0.25) is 0 Å². The molecule has 0 amide bonds. The van der Waals surface area contributed by atoms with Gasteiger partial charge in [-0.3, -0.25) is 4.68 Å². The summed E-state index contributed by atoms with van der Waals surface area (Å²) in [5, 5.41) is 4.15. The van der Waals surface area contributed by atoms with Crippen molar-refractivity contribution in [3.8, 4) is 0 Å². The van der Waals surface area contributed by atoms with Gasteiger partial charge in [-0.2, -0.15) is 5.10 Å². The van der Waals surface area contributed by atoms with Crippen LogP contribution in [0.4, 0.5) is 0 Å². The number of hydrogen-bond acceptors (Lipinski definition) is 3. The number of nitrogens with two attached hydrogens (primary N) is 1. The maximum atomic E-state index is 5.44. The zero-order chi connectivity index (χ0) is 12.0. The zero-order valence-electron chi connectivity index (χ0n) is 10.0. The lowest BCUT2D eigenvalue weighted by Gasteiger charge is -2.15. The Hall–Kier alpha value is -0.940. The van der Waals surface area contributed by atoms with E-state index < -0.39 is 0 Å². The van der Waals surface area contributed by atoms with Gasteiger partial charge in [0.1, 0.15) is 0 Å². The lowest BCUT2D eigenvalue weighted by atomic mass is 10.2. The molecule has 2 N–H and O–H groups in total. The van der Waals surface area contributed by atoms with Crippen molar-refractivity contribution in [1.29, 1.82) is 0 Å². The Balaban J connectivity index is 2.16. The molecule has 0 saturated heterocycles. The molecule has 0 bridgehead atoms. The topological polar surface area (TPSA) is 47.1 Å². The molecule has 5 heteroatoms. The van der Waals surface area contributed by atoms with Gasteiger partial charge >= 0.3 is 0 Å². The van der Waals surface area contributed by atoms with Crippen LogP contribution in [0, 0.1) is 0 Å². The summed E-state index contributed by atoms with van der Waals surface area (Å²) in [6, 6.07) is 0. The van der Waals surface area contributed by atoms with Gasteiger partial charge in [-0.15, -0.1) is 0 Å². The van der Waals surface area contributed by atoms with Crippen LogP contribution in [0.5, 0.6) is 0 Å². The second-order valence-electron chi connectivity index (χ2n) is 4.18. The molecule has 0 unspecified atom stereocenters. The van der Waals surface area contributed by atoms with E-state index in [1.807, 2.05) is 24.1 Å².